The largest absolute Gasteiger partial charge is 0.375 e. The molecule has 0 spiro atoms. The summed E-state index contributed by atoms with van der Waals surface area (Å²) in [5, 5.41) is 3.32. The lowest BCUT2D eigenvalue weighted by Gasteiger charge is -2.17. The van der Waals surface area contributed by atoms with Crippen LogP contribution >= 0.6 is 31.9 Å². The molecule has 0 radical (unpaired) electrons. The topological polar surface area (TPSA) is 46.2 Å². The van der Waals surface area contributed by atoms with Crippen molar-refractivity contribution in [3.8, 4) is 0 Å². The zero-order valence-corrected chi connectivity index (χ0v) is 14.3. The van der Waals surface area contributed by atoms with Crippen molar-refractivity contribution in [2.45, 2.75) is 10.9 Å². The van der Waals surface area contributed by atoms with Crippen molar-refractivity contribution in [2.75, 3.05) is 11.1 Å². The van der Waals surface area contributed by atoms with Crippen LogP contribution in [0.2, 0.25) is 0 Å². The Balaban J connectivity index is 2.02. The molecule has 0 fully saturated rings. The number of para-hydroxylation sites is 1. The zero-order valence-electron chi connectivity index (χ0n) is 10.3. The molecular weight excluding hydrogens is 406 g/mol. The van der Waals surface area contributed by atoms with E-state index in [0.29, 0.717) is 4.90 Å². The lowest BCUT2D eigenvalue weighted by atomic mass is 10.1. The number of hydrogen-bond acceptors (Lipinski definition) is 3. The minimum Gasteiger partial charge on any atom is -0.375 e. The molecular formula is C14H11Br2NO2S. The molecule has 1 aliphatic heterocycles. The van der Waals surface area contributed by atoms with E-state index >= 15 is 0 Å². The number of rotatable bonds is 2. The molecule has 1 heterocycles. The molecule has 1 aliphatic rings. The monoisotopic (exact) mass is 415 g/mol. The van der Waals surface area contributed by atoms with Gasteiger partial charge < -0.3 is 5.32 Å². The minimum atomic E-state index is -3.19. The molecule has 1 atom stereocenters. The second-order valence-electron chi connectivity index (χ2n) is 4.61. The molecule has 0 bridgehead atoms. The van der Waals surface area contributed by atoms with E-state index in [0.717, 1.165) is 20.2 Å². The quantitative estimate of drug-likeness (QED) is 0.799. The van der Waals surface area contributed by atoms with Crippen LogP contribution in [0.4, 0.5) is 5.69 Å². The Bertz CT molecular complexity index is 754. The first-order valence-corrected chi connectivity index (χ1v) is 9.25. The van der Waals surface area contributed by atoms with E-state index in [-0.39, 0.29) is 11.8 Å². The van der Waals surface area contributed by atoms with E-state index in [1.54, 1.807) is 12.1 Å². The first-order chi connectivity index (χ1) is 9.49. The highest BCUT2D eigenvalue weighted by Gasteiger charge is 2.34. The number of fused-ring (bicyclic) bond motifs is 1. The lowest BCUT2D eigenvalue weighted by molar-refractivity contribution is 0.598. The minimum absolute atomic E-state index is 0.0835. The van der Waals surface area contributed by atoms with Crippen LogP contribution < -0.4 is 5.32 Å². The maximum Gasteiger partial charge on any atom is 0.181 e. The van der Waals surface area contributed by atoms with E-state index in [2.05, 4.69) is 37.2 Å². The Morgan fingerprint density at radius 3 is 2.35 bits per heavy atom. The van der Waals surface area contributed by atoms with Gasteiger partial charge in [0.2, 0.25) is 0 Å². The number of halogens is 2. The first kappa shape index (κ1) is 14.1. The van der Waals surface area contributed by atoms with E-state index in [1.165, 1.54) is 0 Å². The van der Waals surface area contributed by atoms with Crippen molar-refractivity contribution in [3.05, 3.63) is 57.0 Å². The fourth-order valence-corrected chi connectivity index (χ4v) is 5.34. The molecule has 6 heteroatoms. The number of anilines is 1. The van der Waals surface area contributed by atoms with Crippen LogP contribution in [0.15, 0.2) is 56.3 Å². The summed E-state index contributed by atoms with van der Waals surface area (Å²) in [6, 6.07) is 12.7. The first-order valence-electron chi connectivity index (χ1n) is 6.01. The number of benzene rings is 2. The molecule has 2 aromatic carbocycles. The van der Waals surface area contributed by atoms with Crippen LogP contribution in [0.25, 0.3) is 0 Å². The zero-order chi connectivity index (χ0) is 14.3. The molecule has 2 aromatic rings. The molecule has 1 unspecified atom stereocenters. The van der Waals surface area contributed by atoms with Gasteiger partial charge in [0.15, 0.2) is 9.84 Å². The summed E-state index contributed by atoms with van der Waals surface area (Å²) in [5.41, 5.74) is 1.69. The second kappa shape index (κ2) is 5.16. The van der Waals surface area contributed by atoms with E-state index in [1.807, 2.05) is 30.3 Å². The van der Waals surface area contributed by atoms with Gasteiger partial charge >= 0.3 is 0 Å². The third kappa shape index (κ3) is 2.40. The molecule has 0 aromatic heterocycles. The van der Waals surface area contributed by atoms with Gasteiger partial charge in [-0.3, -0.25) is 0 Å². The number of nitrogens with one attached hydrogen (secondary N) is 1. The number of sulfone groups is 1. The Kier molecular flexibility index (Phi) is 3.64. The van der Waals surface area contributed by atoms with Crippen LogP contribution in [0, 0.1) is 0 Å². The predicted octanol–water partition coefficient (Wildman–Crippen LogP) is 4.15. The van der Waals surface area contributed by atoms with Crippen molar-refractivity contribution < 1.29 is 8.42 Å². The van der Waals surface area contributed by atoms with E-state index in [9.17, 15) is 8.42 Å². The Morgan fingerprint density at radius 2 is 1.65 bits per heavy atom. The third-order valence-electron chi connectivity index (χ3n) is 3.30. The van der Waals surface area contributed by atoms with Gasteiger partial charge in [-0.15, -0.1) is 0 Å². The summed E-state index contributed by atoms with van der Waals surface area (Å²) in [7, 11) is -3.19. The van der Waals surface area contributed by atoms with Gasteiger partial charge in [0, 0.05) is 8.95 Å². The van der Waals surface area contributed by atoms with Crippen LogP contribution in [0.1, 0.15) is 11.6 Å². The van der Waals surface area contributed by atoms with Crippen LogP contribution in [-0.4, -0.2) is 14.2 Å². The SMILES string of the molecule is O=S1(=O)CC(Nc2c(Br)cccc2Br)c2ccccc21. The third-order valence-corrected chi connectivity index (χ3v) is 6.43. The van der Waals surface area contributed by atoms with Crippen molar-refractivity contribution in [3.63, 3.8) is 0 Å². The van der Waals surface area contributed by atoms with Crippen LogP contribution in [0.5, 0.6) is 0 Å². The second-order valence-corrected chi connectivity index (χ2v) is 8.32. The van der Waals surface area contributed by atoms with Gasteiger partial charge in [-0.25, -0.2) is 8.42 Å². The van der Waals surface area contributed by atoms with Crippen molar-refractivity contribution in [1.29, 1.82) is 0 Å². The molecule has 20 heavy (non-hydrogen) atoms. The molecule has 3 rings (SSSR count). The molecule has 0 saturated heterocycles. The summed E-state index contributed by atoms with van der Waals surface area (Å²) in [5.74, 6) is 0.0835. The molecule has 104 valence electrons. The smallest absolute Gasteiger partial charge is 0.181 e. The summed E-state index contributed by atoms with van der Waals surface area (Å²) >= 11 is 6.96. The maximum absolute atomic E-state index is 12.2. The Morgan fingerprint density at radius 1 is 1.00 bits per heavy atom. The molecule has 1 N–H and O–H groups in total. The summed E-state index contributed by atoms with van der Waals surface area (Å²) in [6.45, 7) is 0. The standard InChI is InChI=1S/C14H11Br2NO2S/c15-10-5-3-6-11(16)14(10)17-12-8-20(18,19)13-7-2-1-4-9(12)13/h1-7,12,17H,8H2. The van der Waals surface area contributed by atoms with Gasteiger partial charge in [-0.05, 0) is 55.6 Å². The van der Waals surface area contributed by atoms with Gasteiger partial charge in [0.25, 0.3) is 0 Å². The van der Waals surface area contributed by atoms with Gasteiger partial charge in [0.1, 0.15) is 0 Å². The Hall–Kier alpha value is -0.850. The predicted molar refractivity (Wildman–Crippen MR) is 86.7 cm³/mol. The summed E-state index contributed by atoms with van der Waals surface area (Å²) in [4.78, 5) is 0.431. The van der Waals surface area contributed by atoms with Crippen molar-refractivity contribution in [1.82, 2.24) is 0 Å². The van der Waals surface area contributed by atoms with Crippen molar-refractivity contribution in [2.24, 2.45) is 0 Å². The van der Waals surface area contributed by atoms with Crippen molar-refractivity contribution >= 4 is 47.4 Å². The average molecular weight is 417 g/mol. The maximum atomic E-state index is 12.2. The lowest BCUT2D eigenvalue weighted by Crippen LogP contribution is -2.13. The summed E-state index contributed by atoms with van der Waals surface area (Å²) in [6.07, 6.45) is 0. The molecule has 0 saturated carbocycles. The highest BCUT2D eigenvalue weighted by atomic mass is 79.9. The van der Waals surface area contributed by atoms with E-state index < -0.39 is 9.84 Å². The van der Waals surface area contributed by atoms with E-state index in [4.69, 9.17) is 0 Å². The molecule has 3 nitrogen and oxygen atoms in total. The van der Waals surface area contributed by atoms with Crippen LogP contribution in [-0.2, 0) is 9.84 Å². The van der Waals surface area contributed by atoms with Gasteiger partial charge in [0.05, 0.1) is 22.4 Å². The van der Waals surface area contributed by atoms with Gasteiger partial charge in [-0.1, -0.05) is 24.3 Å². The molecule has 0 aliphatic carbocycles. The fraction of sp³-hybridized carbons (Fsp3) is 0.143. The normalized spacial score (nSPS) is 19.6. The number of hydrogen-bond donors (Lipinski definition) is 1. The highest BCUT2D eigenvalue weighted by Crippen LogP contribution is 2.39. The Labute approximate surface area is 134 Å². The summed E-state index contributed by atoms with van der Waals surface area (Å²) < 4.78 is 26.1. The fourth-order valence-electron chi connectivity index (χ4n) is 2.38. The average Bonchev–Trinajstić information content (AvgIpc) is 2.66. The van der Waals surface area contributed by atoms with Gasteiger partial charge in [-0.2, -0.15) is 0 Å². The van der Waals surface area contributed by atoms with Crippen LogP contribution in [0.3, 0.4) is 0 Å². The highest BCUT2D eigenvalue weighted by molar-refractivity contribution is 9.11. The molecule has 0 amide bonds.